The molecule has 2 bridgehead atoms. The largest absolute Gasteiger partial charge is 0.508 e. The molecule has 4 saturated heterocycles. The standard InChI is InChI=1S/C39H38F2N6O3/c1-3-27-30(40)7-4-23-16-26(48)17-28(32(23)27)33-31(42-2)18-29-35(34(33)41)44-37(45-36(29)47-19-24-5-6-25(20-47)43-24)49-22-38(8-9-38)21-46-13-10-39(11-14-46)12-15-50-39/h1,4,7,16-18,24-25,43,48H,5-6,8-15,19-22H2. The van der Waals surface area contributed by atoms with Crippen LogP contribution in [0.5, 0.6) is 11.8 Å². The maximum atomic E-state index is 17.2. The van der Waals surface area contributed by atoms with E-state index < -0.39 is 11.6 Å². The normalized spacial score (nSPS) is 23.5. The molecule has 2 unspecified atom stereocenters. The van der Waals surface area contributed by atoms with Crippen LogP contribution in [0.25, 0.3) is 37.6 Å². The van der Waals surface area contributed by atoms with Crippen molar-refractivity contribution in [1.82, 2.24) is 20.2 Å². The third-order valence-electron chi connectivity index (χ3n) is 11.7. The maximum absolute atomic E-state index is 17.2. The number of nitrogens with one attached hydrogen (secondary N) is 1. The predicted octanol–water partition coefficient (Wildman–Crippen LogP) is 6.32. The number of ether oxygens (including phenoxy) is 2. The molecule has 5 fully saturated rings. The van der Waals surface area contributed by atoms with Gasteiger partial charge in [0.05, 0.1) is 31.0 Å². The van der Waals surface area contributed by atoms with Gasteiger partial charge in [0.1, 0.15) is 28.7 Å². The Bertz CT molecular complexity index is 2110. The number of hydrogen-bond acceptors (Lipinski definition) is 8. The predicted molar refractivity (Wildman–Crippen MR) is 187 cm³/mol. The molecule has 9 nitrogen and oxygen atoms in total. The van der Waals surface area contributed by atoms with Gasteiger partial charge in [0, 0.05) is 66.6 Å². The first-order valence-electron chi connectivity index (χ1n) is 17.6. The quantitative estimate of drug-likeness (QED) is 0.174. The van der Waals surface area contributed by atoms with Crippen LogP contribution in [0.15, 0.2) is 30.3 Å². The second kappa shape index (κ2) is 11.8. The van der Waals surface area contributed by atoms with Crippen molar-refractivity contribution in [3.63, 3.8) is 0 Å². The molecule has 4 aromatic rings. The number of likely N-dealkylation sites (tertiary alicyclic amines) is 1. The van der Waals surface area contributed by atoms with Gasteiger partial charge >= 0.3 is 6.01 Å². The van der Waals surface area contributed by atoms with Gasteiger partial charge in [0.2, 0.25) is 0 Å². The molecule has 256 valence electrons. The van der Waals surface area contributed by atoms with E-state index in [1.807, 2.05) is 0 Å². The summed E-state index contributed by atoms with van der Waals surface area (Å²) in [6, 6.07) is 7.72. The fraction of sp³-hybridized carbons (Fsp3) is 0.462. The zero-order valence-corrected chi connectivity index (χ0v) is 27.8. The van der Waals surface area contributed by atoms with E-state index in [1.54, 1.807) is 6.07 Å². The summed E-state index contributed by atoms with van der Waals surface area (Å²) in [6.45, 7) is 13.7. The number of piperidine rings is 1. The molecule has 50 heavy (non-hydrogen) atoms. The number of halogens is 2. The highest BCUT2D eigenvalue weighted by Crippen LogP contribution is 2.49. The summed E-state index contributed by atoms with van der Waals surface area (Å²) in [7, 11) is 0. The minimum atomic E-state index is -0.777. The molecule has 1 saturated carbocycles. The Hall–Kier alpha value is -4.55. The van der Waals surface area contributed by atoms with Crippen molar-refractivity contribution in [3.05, 3.63) is 58.9 Å². The number of piperazine rings is 1. The second-order valence-electron chi connectivity index (χ2n) is 15.0. The molecule has 2 N–H and O–H groups in total. The molecule has 2 atom stereocenters. The lowest BCUT2D eigenvalue weighted by atomic mass is 9.84. The molecule has 3 aromatic carbocycles. The van der Waals surface area contributed by atoms with Crippen molar-refractivity contribution in [2.45, 2.75) is 62.6 Å². The number of rotatable bonds is 7. The Morgan fingerprint density at radius 1 is 1.08 bits per heavy atom. The molecule has 11 heteroatoms. The van der Waals surface area contributed by atoms with Gasteiger partial charge in [-0.1, -0.05) is 12.0 Å². The van der Waals surface area contributed by atoms with Crippen LogP contribution in [0.2, 0.25) is 0 Å². The van der Waals surface area contributed by atoms with Crippen molar-refractivity contribution in [2.24, 2.45) is 5.41 Å². The Morgan fingerprint density at radius 3 is 2.50 bits per heavy atom. The first-order chi connectivity index (χ1) is 24.3. The van der Waals surface area contributed by atoms with E-state index in [-0.39, 0.29) is 68.1 Å². The number of nitrogens with zero attached hydrogens (tertiary/aromatic N) is 5. The third kappa shape index (κ3) is 5.31. The maximum Gasteiger partial charge on any atom is 0.319 e. The van der Waals surface area contributed by atoms with Crippen molar-refractivity contribution < 1.29 is 23.4 Å². The Balaban J connectivity index is 1.12. The number of phenolic OH excluding ortho intramolecular Hbond substituents is 1. The van der Waals surface area contributed by atoms with Gasteiger partial charge in [-0.3, -0.25) is 0 Å². The van der Waals surface area contributed by atoms with Crippen LogP contribution in [-0.4, -0.2) is 83.6 Å². The summed E-state index contributed by atoms with van der Waals surface area (Å²) in [5, 5.41) is 15.4. The first kappa shape index (κ1) is 31.4. The smallest absolute Gasteiger partial charge is 0.319 e. The average molecular weight is 677 g/mol. The Kier molecular flexibility index (Phi) is 7.40. The van der Waals surface area contributed by atoms with E-state index in [0.717, 1.165) is 71.2 Å². The summed E-state index contributed by atoms with van der Waals surface area (Å²) in [6.07, 6.45) is 13.2. The van der Waals surface area contributed by atoms with Crippen molar-refractivity contribution in [1.29, 1.82) is 0 Å². The van der Waals surface area contributed by atoms with E-state index in [1.165, 1.54) is 24.3 Å². The van der Waals surface area contributed by atoms with Crippen molar-refractivity contribution in [2.75, 3.05) is 50.8 Å². The van der Waals surface area contributed by atoms with Gasteiger partial charge in [-0.15, -0.1) is 6.42 Å². The number of benzene rings is 3. The average Bonchev–Trinajstić information content (AvgIpc) is 3.79. The van der Waals surface area contributed by atoms with E-state index in [0.29, 0.717) is 36.3 Å². The Labute approximate surface area is 289 Å². The molecule has 4 aliphatic heterocycles. The molecule has 1 aromatic heterocycles. The second-order valence-corrected chi connectivity index (χ2v) is 15.0. The van der Waals surface area contributed by atoms with Crippen LogP contribution >= 0.6 is 0 Å². The summed E-state index contributed by atoms with van der Waals surface area (Å²) in [4.78, 5) is 18.0. The molecule has 5 heterocycles. The van der Waals surface area contributed by atoms with E-state index in [2.05, 4.69) is 30.9 Å². The summed E-state index contributed by atoms with van der Waals surface area (Å²) >= 11 is 0. The number of hydrogen-bond donors (Lipinski definition) is 2. The zero-order chi connectivity index (χ0) is 34.2. The van der Waals surface area contributed by atoms with Crippen molar-refractivity contribution >= 4 is 33.2 Å². The zero-order valence-electron chi connectivity index (χ0n) is 27.8. The van der Waals surface area contributed by atoms with E-state index in [9.17, 15) is 5.11 Å². The summed E-state index contributed by atoms with van der Waals surface area (Å²) < 4.78 is 44.5. The molecule has 5 aliphatic rings. The van der Waals surface area contributed by atoms with Crippen LogP contribution in [0.1, 0.15) is 50.5 Å². The van der Waals surface area contributed by atoms with Crippen molar-refractivity contribution in [3.8, 4) is 35.2 Å². The van der Waals surface area contributed by atoms with Crippen LogP contribution in [-0.2, 0) is 4.74 Å². The number of aromatic hydroxyl groups is 1. The number of terminal acetylenes is 1. The van der Waals surface area contributed by atoms with Gasteiger partial charge < -0.3 is 29.7 Å². The number of anilines is 1. The molecule has 0 amide bonds. The molecule has 1 aliphatic carbocycles. The van der Waals surface area contributed by atoms with Crippen LogP contribution < -0.4 is 15.0 Å². The molecule has 9 rings (SSSR count). The highest BCUT2D eigenvalue weighted by molar-refractivity contribution is 6.07. The summed E-state index contributed by atoms with van der Waals surface area (Å²) in [5.41, 5.74) is 0.0104. The minimum absolute atomic E-state index is 0.0000992. The van der Waals surface area contributed by atoms with Crippen LogP contribution in [0.3, 0.4) is 0 Å². The number of aromatic nitrogens is 2. The number of fused-ring (bicyclic) bond motifs is 4. The van der Waals surface area contributed by atoms with Crippen LogP contribution in [0.4, 0.5) is 20.3 Å². The topological polar surface area (TPSA) is 87.3 Å². The Morgan fingerprint density at radius 2 is 1.84 bits per heavy atom. The monoisotopic (exact) mass is 676 g/mol. The molecule has 1 spiro atoms. The third-order valence-corrected chi connectivity index (χ3v) is 11.7. The lowest BCUT2D eigenvalue weighted by Crippen LogP contribution is -2.53. The van der Waals surface area contributed by atoms with Crippen LogP contribution in [0, 0.1) is 36.0 Å². The minimum Gasteiger partial charge on any atom is -0.508 e. The molecular weight excluding hydrogens is 638 g/mol. The van der Waals surface area contributed by atoms with Gasteiger partial charge in [-0.2, -0.15) is 9.97 Å². The molecular formula is C39H38F2N6O3. The first-order valence-corrected chi connectivity index (χ1v) is 17.6. The van der Waals surface area contributed by atoms with E-state index in [4.69, 9.17) is 27.5 Å². The highest BCUT2D eigenvalue weighted by Gasteiger charge is 2.48. The van der Waals surface area contributed by atoms with Gasteiger partial charge in [-0.25, -0.2) is 13.6 Å². The fourth-order valence-electron chi connectivity index (χ4n) is 8.68. The number of phenols is 1. The van der Waals surface area contributed by atoms with Gasteiger partial charge in [-0.05, 0) is 80.2 Å². The fourth-order valence-corrected chi connectivity index (χ4v) is 8.68. The summed E-state index contributed by atoms with van der Waals surface area (Å²) in [5.74, 6) is 1.32. The van der Waals surface area contributed by atoms with Gasteiger partial charge in [0.25, 0.3) is 0 Å². The lowest BCUT2D eigenvalue weighted by molar-refractivity contribution is -0.173. The van der Waals surface area contributed by atoms with Gasteiger partial charge in [0.15, 0.2) is 5.69 Å². The molecule has 0 radical (unpaired) electrons. The highest BCUT2D eigenvalue weighted by atomic mass is 19.1. The van der Waals surface area contributed by atoms with E-state index >= 15 is 8.78 Å². The lowest BCUT2D eigenvalue weighted by Gasteiger charge is -2.48. The SMILES string of the molecule is [C-]#[N+]c1cc2c(N3CC4CCC(C3)N4)nc(OCC3(CN4CCC5(CCO5)CC4)CC3)nc2c(F)c1-c1cc(O)cc2ccc(F)c(C#C)c12.